The summed E-state index contributed by atoms with van der Waals surface area (Å²) in [5.74, 6) is 0.810. The standard InChI is InChI=1S/C22H28N2O4/c1-5-27-18-11-12-21(28-6-2)20(13-18)24-22(26)14-19(23-16(4)25)17-9-7-15(3)8-10-17/h7-13,19H,5-6,14H2,1-4H3,(H,23,25)(H,24,26). The highest BCUT2D eigenvalue weighted by Gasteiger charge is 2.18. The van der Waals surface area contributed by atoms with Gasteiger partial charge >= 0.3 is 0 Å². The van der Waals surface area contributed by atoms with E-state index in [4.69, 9.17) is 9.47 Å². The zero-order valence-electron chi connectivity index (χ0n) is 16.9. The third-order valence-corrected chi connectivity index (χ3v) is 4.08. The minimum Gasteiger partial charge on any atom is -0.494 e. The molecular weight excluding hydrogens is 356 g/mol. The molecule has 0 aromatic heterocycles. The van der Waals surface area contributed by atoms with Gasteiger partial charge in [-0.1, -0.05) is 29.8 Å². The molecule has 28 heavy (non-hydrogen) atoms. The Kier molecular flexibility index (Phi) is 7.87. The van der Waals surface area contributed by atoms with E-state index in [-0.39, 0.29) is 18.2 Å². The lowest BCUT2D eigenvalue weighted by Gasteiger charge is -2.19. The van der Waals surface area contributed by atoms with Crippen LogP contribution in [0.15, 0.2) is 42.5 Å². The lowest BCUT2D eigenvalue weighted by molar-refractivity contribution is -0.120. The van der Waals surface area contributed by atoms with Gasteiger partial charge in [-0.25, -0.2) is 0 Å². The average molecular weight is 384 g/mol. The van der Waals surface area contributed by atoms with Gasteiger partial charge in [0.05, 0.1) is 31.4 Å². The Morgan fingerprint density at radius 2 is 1.68 bits per heavy atom. The molecule has 1 unspecified atom stereocenters. The van der Waals surface area contributed by atoms with Gasteiger partial charge in [0, 0.05) is 13.0 Å². The Bertz CT molecular complexity index is 803. The molecule has 0 aliphatic carbocycles. The Hall–Kier alpha value is -3.02. The van der Waals surface area contributed by atoms with Gasteiger partial charge in [0.2, 0.25) is 11.8 Å². The van der Waals surface area contributed by atoms with Crippen LogP contribution in [0.4, 0.5) is 5.69 Å². The number of aryl methyl sites for hydroxylation is 1. The third kappa shape index (κ3) is 6.30. The number of benzene rings is 2. The zero-order valence-corrected chi connectivity index (χ0v) is 16.9. The van der Waals surface area contributed by atoms with Crippen molar-refractivity contribution in [3.8, 4) is 11.5 Å². The summed E-state index contributed by atoms with van der Waals surface area (Å²) in [7, 11) is 0. The van der Waals surface area contributed by atoms with E-state index in [0.717, 1.165) is 11.1 Å². The monoisotopic (exact) mass is 384 g/mol. The van der Waals surface area contributed by atoms with E-state index < -0.39 is 6.04 Å². The van der Waals surface area contributed by atoms with E-state index in [2.05, 4.69) is 10.6 Å². The van der Waals surface area contributed by atoms with Crippen LogP contribution in [0.2, 0.25) is 0 Å². The van der Waals surface area contributed by atoms with Crippen molar-refractivity contribution in [2.24, 2.45) is 0 Å². The van der Waals surface area contributed by atoms with Crippen LogP contribution in [0.5, 0.6) is 11.5 Å². The molecule has 2 aromatic rings. The Morgan fingerprint density at radius 1 is 1.00 bits per heavy atom. The molecule has 2 aromatic carbocycles. The Labute approximate surface area is 166 Å². The van der Waals surface area contributed by atoms with Crippen LogP contribution < -0.4 is 20.1 Å². The molecule has 2 N–H and O–H groups in total. The van der Waals surface area contributed by atoms with Gasteiger partial charge in [0.25, 0.3) is 0 Å². The summed E-state index contributed by atoms with van der Waals surface area (Å²) in [5.41, 5.74) is 2.54. The summed E-state index contributed by atoms with van der Waals surface area (Å²) in [6.07, 6.45) is 0.104. The molecule has 6 nitrogen and oxygen atoms in total. The van der Waals surface area contributed by atoms with Crippen LogP contribution >= 0.6 is 0 Å². The number of ether oxygens (including phenoxy) is 2. The number of hydrogen-bond donors (Lipinski definition) is 2. The van der Waals surface area contributed by atoms with E-state index in [1.165, 1.54) is 6.92 Å². The molecule has 0 saturated carbocycles. The Balaban J connectivity index is 2.18. The molecule has 0 heterocycles. The molecule has 0 aliphatic heterocycles. The van der Waals surface area contributed by atoms with Crippen LogP contribution in [0.1, 0.15) is 44.4 Å². The van der Waals surface area contributed by atoms with Gasteiger partial charge in [-0.2, -0.15) is 0 Å². The predicted molar refractivity (Wildman–Crippen MR) is 110 cm³/mol. The predicted octanol–water partition coefficient (Wildman–Crippen LogP) is 4.00. The smallest absolute Gasteiger partial charge is 0.226 e. The summed E-state index contributed by atoms with van der Waals surface area (Å²) in [6, 6.07) is 12.7. The lowest BCUT2D eigenvalue weighted by Crippen LogP contribution is -2.29. The minimum atomic E-state index is -0.413. The first-order valence-electron chi connectivity index (χ1n) is 9.46. The van der Waals surface area contributed by atoms with E-state index in [0.29, 0.717) is 30.4 Å². The summed E-state index contributed by atoms with van der Waals surface area (Å²) in [6.45, 7) is 8.22. The topological polar surface area (TPSA) is 76.7 Å². The highest BCUT2D eigenvalue weighted by atomic mass is 16.5. The second kappa shape index (κ2) is 10.3. The zero-order chi connectivity index (χ0) is 20.5. The highest BCUT2D eigenvalue weighted by Crippen LogP contribution is 2.30. The molecule has 6 heteroatoms. The number of nitrogens with one attached hydrogen (secondary N) is 2. The van der Waals surface area contributed by atoms with E-state index in [1.807, 2.05) is 45.0 Å². The van der Waals surface area contributed by atoms with E-state index >= 15 is 0 Å². The maximum absolute atomic E-state index is 12.7. The van der Waals surface area contributed by atoms with Crippen LogP contribution in [0.3, 0.4) is 0 Å². The van der Waals surface area contributed by atoms with Crippen molar-refractivity contribution < 1.29 is 19.1 Å². The molecule has 1 atom stereocenters. The molecule has 0 radical (unpaired) electrons. The van der Waals surface area contributed by atoms with E-state index in [9.17, 15) is 9.59 Å². The van der Waals surface area contributed by atoms with Crippen molar-refractivity contribution in [3.05, 3.63) is 53.6 Å². The number of carbonyl (C=O) groups is 2. The van der Waals surface area contributed by atoms with Crippen LogP contribution in [0, 0.1) is 6.92 Å². The number of amides is 2. The lowest BCUT2D eigenvalue weighted by atomic mass is 10.0. The van der Waals surface area contributed by atoms with Crippen LogP contribution in [0.25, 0.3) is 0 Å². The molecule has 0 saturated heterocycles. The molecule has 2 rings (SSSR count). The fourth-order valence-corrected chi connectivity index (χ4v) is 2.83. The summed E-state index contributed by atoms with van der Waals surface area (Å²) in [5, 5.41) is 5.73. The molecule has 0 fully saturated rings. The first-order chi connectivity index (χ1) is 13.4. The summed E-state index contributed by atoms with van der Waals surface area (Å²) < 4.78 is 11.1. The largest absolute Gasteiger partial charge is 0.494 e. The van der Waals surface area contributed by atoms with Gasteiger partial charge in [-0.15, -0.1) is 0 Å². The van der Waals surface area contributed by atoms with Gasteiger partial charge in [0.15, 0.2) is 0 Å². The van der Waals surface area contributed by atoms with Crippen molar-refractivity contribution in [1.29, 1.82) is 0 Å². The van der Waals surface area contributed by atoms with E-state index in [1.54, 1.807) is 18.2 Å². The normalized spacial score (nSPS) is 11.4. The maximum Gasteiger partial charge on any atom is 0.226 e. The van der Waals surface area contributed by atoms with Crippen molar-refractivity contribution in [2.45, 2.75) is 40.2 Å². The van der Waals surface area contributed by atoms with Gasteiger partial charge in [-0.3, -0.25) is 9.59 Å². The molecule has 0 bridgehead atoms. The van der Waals surface area contributed by atoms with Crippen molar-refractivity contribution in [2.75, 3.05) is 18.5 Å². The number of hydrogen-bond acceptors (Lipinski definition) is 4. The molecule has 150 valence electrons. The average Bonchev–Trinajstić information content (AvgIpc) is 2.64. The highest BCUT2D eigenvalue weighted by molar-refractivity contribution is 5.93. The molecule has 2 amide bonds. The number of carbonyl (C=O) groups excluding carboxylic acids is 2. The SMILES string of the molecule is CCOc1ccc(OCC)c(NC(=O)CC(NC(C)=O)c2ccc(C)cc2)c1. The first kappa shape index (κ1) is 21.3. The first-order valence-corrected chi connectivity index (χ1v) is 9.46. The minimum absolute atomic E-state index is 0.104. The van der Waals surface area contributed by atoms with Gasteiger partial charge in [-0.05, 0) is 38.5 Å². The maximum atomic E-state index is 12.7. The van der Waals surface area contributed by atoms with Crippen LogP contribution in [-0.2, 0) is 9.59 Å². The Morgan fingerprint density at radius 3 is 2.29 bits per heavy atom. The number of anilines is 1. The van der Waals surface area contributed by atoms with Crippen LogP contribution in [-0.4, -0.2) is 25.0 Å². The fourth-order valence-electron chi connectivity index (χ4n) is 2.83. The fraction of sp³-hybridized carbons (Fsp3) is 0.364. The van der Waals surface area contributed by atoms with Crippen molar-refractivity contribution >= 4 is 17.5 Å². The second-order valence-electron chi connectivity index (χ2n) is 6.44. The molecule has 0 aliphatic rings. The summed E-state index contributed by atoms with van der Waals surface area (Å²) in [4.78, 5) is 24.3. The molecule has 0 spiro atoms. The van der Waals surface area contributed by atoms with Gasteiger partial charge < -0.3 is 20.1 Å². The van der Waals surface area contributed by atoms with Gasteiger partial charge in [0.1, 0.15) is 11.5 Å². The number of rotatable bonds is 9. The summed E-state index contributed by atoms with van der Waals surface area (Å²) >= 11 is 0. The quantitative estimate of drug-likeness (QED) is 0.685. The second-order valence-corrected chi connectivity index (χ2v) is 6.44. The van der Waals surface area contributed by atoms with Crippen molar-refractivity contribution in [1.82, 2.24) is 5.32 Å². The molecular formula is C22H28N2O4. The third-order valence-electron chi connectivity index (χ3n) is 4.08. The van der Waals surface area contributed by atoms with Crippen molar-refractivity contribution in [3.63, 3.8) is 0 Å².